The summed E-state index contributed by atoms with van der Waals surface area (Å²) < 4.78 is 9.72. The SMILES string of the molecule is COCCn1c(CN2CCN(c3cc(Cl)ccc3C)CC2)nc2c1c(=O)n(C)c(=O)n2C. The van der Waals surface area contributed by atoms with Gasteiger partial charge in [-0.15, -0.1) is 0 Å². The van der Waals surface area contributed by atoms with Crippen molar-refractivity contribution in [3.05, 3.63) is 55.4 Å². The first-order valence-corrected chi connectivity index (χ1v) is 11.1. The van der Waals surface area contributed by atoms with E-state index in [0.717, 1.165) is 41.6 Å². The number of aromatic nitrogens is 4. The quantitative estimate of drug-likeness (QED) is 0.553. The summed E-state index contributed by atoms with van der Waals surface area (Å²) in [4.78, 5) is 34.6. The normalized spacial score (nSPS) is 15.1. The molecule has 0 bridgehead atoms. The highest BCUT2D eigenvalue weighted by Gasteiger charge is 2.23. The smallest absolute Gasteiger partial charge is 0.332 e. The number of ether oxygens (including phenoxy) is 1. The fraction of sp³-hybridized carbons (Fsp3) is 0.500. The van der Waals surface area contributed by atoms with Gasteiger partial charge in [-0.3, -0.25) is 18.8 Å². The molecule has 0 aliphatic carbocycles. The number of benzene rings is 1. The standard InChI is InChI=1S/C22H29ClN6O3/c1-15-5-6-16(23)13-17(15)28-9-7-27(8-10-28)14-18-24-20-19(29(18)11-12-32-4)21(30)26(3)22(31)25(20)2/h5-6,13H,7-12,14H2,1-4H3. The third kappa shape index (κ3) is 4.07. The Kier molecular flexibility index (Phi) is 6.41. The first-order valence-electron chi connectivity index (χ1n) is 10.7. The molecule has 1 aliphatic rings. The molecule has 2 aromatic heterocycles. The van der Waals surface area contributed by atoms with Crippen molar-refractivity contribution in [3.63, 3.8) is 0 Å². The molecule has 0 radical (unpaired) electrons. The van der Waals surface area contributed by atoms with Gasteiger partial charge in [0.15, 0.2) is 11.2 Å². The zero-order valence-corrected chi connectivity index (χ0v) is 19.7. The van der Waals surface area contributed by atoms with Crippen LogP contribution in [0.15, 0.2) is 27.8 Å². The number of anilines is 1. The number of hydrogen-bond acceptors (Lipinski definition) is 6. The summed E-state index contributed by atoms with van der Waals surface area (Å²) in [7, 11) is 4.77. The molecule has 0 saturated carbocycles. The molecule has 1 saturated heterocycles. The van der Waals surface area contributed by atoms with E-state index in [2.05, 4.69) is 16.7 Å². The zero-order chi connectivity index (χ0) is 23.0. The topological polar surface area (TPSA) is 77.5 Å². The Balaban J connectivity index is 1.60. The van der Waals surface area contributed by atoms with Crippen LogP contribution in [0, 0.1) is 6.92 Å². The Labute approximate surface area is 191 Å². The number of piperazine rings is 1. The molecule has 1 aliphatic heterocycles. The van der Waals surface area contributed by atoms with Gasteiger partial charge in [0.05, 0.1) is 13.2 Å². The fourth-order valence-electron chi connectivity index (χ4n) is 4.31. The second-order valence-corrected chi connectivity index (χ2v) is 8.68. The highest BCUT2D eigenvalue weighted by Crippen LogP contribution is 2.25. The minimum absolute atomic E-state index is 0.334. The third-order valence-electron chi connectivity index (χ3n) is 6.20. The lowest BCUT2D eigenvalue weighted by Crippen LogP contribution is -2.46. The summed E-state index contributed by atoms with van der Waals surface area (Å²) in [5.74, 6) is 0.766. The number of halogens is 1. The summed E-state index contributed by atoms with van der Waals surface area (Å²) in [5.41, 5.74) is 2.52. The molecule has 0 N–H and O–H groups in total. The molecule has 0 spiro atoms. The highest BCUT2D eigenvalue weighted by molar-refractivity contribution is 6.30. The molecule has 3 heterocycles. The van der Waals surface area contributed by atoms with E-state index in [1.807, 2.05) is 22.8 Å². The van der Waals surface area contributed by atoms with Crippen molar-refractivity contribution in [2.45, 2.75) is 20.0 Å². The van der Waals surface area contributed by atoms with Gasteiger partial charge in [-0.25, -0.2) is 9.78 Å². The van der Waals surface area contributed by atoms with Crippen LogP contribution in [0.25, 0.3) is 11.2 Å². The maximum atomic E-state index is 12.9. The second-order valence-electron chi connectivity index (χ2n) is 8.24. The van der Waals surface area contributed by atoms with E-state index in [1.165, 1.54) is 22.9 Å². The maximum Gasteiger partial charge on any atom is 0.332 e. The van der Waals surface area contributed by atoms with Crippen LogP contribution < -0.4 is 16.1 Å². The van der Waals surface area contributed by atoms with E-state index in [9.17, 15) is 9.59 Å². The Hall–Kier alpha value is -2.62. The van der Waals surface area contributed by atoms with Crippen molar-refractivity contribution in [1.82, 2.24) is 23.6 Å². The van der Waals surface area contributed by atoms with E-state index in [0.29, 0.717) is 30.9 Å². The molecule has 1 fully saturated rings. The van der Waals surface area contributed by atoms with E-state index in [4.69, 9.17) is 21.3 Å². The van der Waals surface area contributed by atoms with E-state index in [1.54, 1.807) is 14.2 Å². The molecule has 4 rings (SSSR count). The average molecular weight is 461 g/mol. The van der Waals surface area contributed by atoms with Crippen molar-refractivity contribution < 1.29 is 4.74 Å². The average Bonchev–Trinajstić information content (AvgIpc) is 3.15. The highest BCUT2D eigenvalue weighted by atomic mass is 35.5. The number of hydrogen-bond donors (Lipinski definition) is 0. The van der Waals surface area contributed by atoms with Crippen LogP contribution in [0.2, 0.25) is 5.02 Å². The molecule has 0 amide bonds. The molecular weight excluding hydrogens is 432 g/mol. The van der Waals surface area contributed by atoms with Gasteiger partial charge in [0, 0.05) is 64.6 Å². The number of nitrogens with zero attached hydrogens (tertiary/aromatic N) is 6. The first kappa shape index (κ1) is 22.6. The van der Waals surface area contributed by atoms with Crippen LogP contribution in [0.5, 0.6) is 0 Å². The van der Waals surface area contributed by atoms with Crippen LogP contribution >= 0.6 is 11.6 Å². The monoisotopic (exact) mass is 460 g/mol. The Morgan fingerprint density at radius 2 is 1.81 bits per heavy atom. The molecule has 32 heavy (non-hydrogen) atoms. The summed E-state index contributed by atoms with van der Waals surface area (Å²) in [6, 6.07) is 5.98. The van der Waals surface area contributed by atoms with Gasteiger partial charge in [0.25, 0.3) is 5.56 Å². The Morgan fingerprint density at radius 3 is 2.50 bits per heavy atom. The van der Waals surface area contributed by atoms with E-state index >= 15 is 0 Å². The lowest BCUT2D eigenvalue weighted by molar-refractivity contribution is 0.184. The number of aryl methyl sites for hydroxylation is 2. The molecule has 9 nitrogen and oxygen atoms in total. The van der Waals surface area contributed by atoms with Gasteiger partial charge < -0.3 is 14.2 Å². The van der Waals surface area contributed by atoms with Gasteiger partial charge in [0.1, 0.15) is 5.82 Å². The molecular formula is C22H29ClN6O3. The number of methoxy groups -OCH3 is 1. The minimum atomic E-state index is -0.379. The van der Waals surface area contributed by atoms with Crippen molar-refractivity contribution in [2.75, 3.05) is 44.8 Å². The van der Waals surface area contributed by atoms with Crippen LogP contribution in [0.3, 0.4) is 0 Å². The largest absolute Gasteiger partial charge is 0.383 e. The van der Waals surface area contributed by atoms with Crippen LogP contribution in [0.4, 0.5) is 5.69 Å². The zero-order valence-electron chi connectivity index (χ0n) is 19.0. The van der Waals surface area contributed by atoms with Crippen molar-refractivity contribution in [1.29, 1.82) is 0 Å². The lowest BCUT2D eigenvalue weighted by atomic mass is 10.1. The Bertz CT molecular complexity index is 1250. The van der Waals surface area contributed by atoms with Crippen LogP contribution in [-0.4, -0.2) is 63.5 Å². The van der Waals surface area contributed by atoms with Crippen LogP contribution in [-0.2, 0) is 31.9 Å². The van der Waals surface area contributed by atoms with Crippen molar-refractivity contribution >= 4 is 28.5 Å². The van der Waals surface area contributed by atoms with Gasteiger partial charge >= 0.3 is 5.69 Å². The van der Waals surface area contributed by atoms with Crippen molar-refractivity contribution in [3.8, 4) is 0 Å². The second kappa shape index (κ2) is 9.09. The number of imidazole rings is 1. The molecule has 10 heteroatoms. The fourth-order valence-corrected chi connectivity index (χ4v) is 4.47. The Morgan fingerprint density at radius 1 is 1.09 bits per heavy atom. The third-order valence-corrected chi connectivity index (χ3v) is 6.43. The first-order chi connectivity index (χ1) is 15.3. The molecule has 172 valence electrons. The molecule has 0 atom stereocenters. The summed E-state index contributed by atoms with van der Waals surface area (Å²) >= 11 is 6.21. The van der Waals surface area contributed by atoms with E-state index in [-0.39, 0.29) is 11.2 Å². The number of fused-ring (bicyclic) bond motifs is 1. The summed E-state index contributed by atoms with van der Waals surface area (Å²) in [6.07, 6.45) is 0. The summed E-state index contributed by atoms with van der Waals surface area (Å²) in [5, 5.41) is 0.743. The predicted octanol–water partition coefficient (Wildman–Crippen LogP) is 1.36. The maximum absolute atomic E-state index is 12.9. The van der Waals surface area contributed by atoms with Crippen LogP contribution in [0.1, 0.15) is 11.4 Å². The van der Waals surface area contributed by atoms with Gasteiger partial charge in [-0.2, -0.15) is 0 Å². The summed E-state index contributed by atoms with van der Waals surface area (Å²) in [6.45, 7) is 7.11. The van der Waals surface area contributed by atoms with Gasteiger partial charge in [-0.1, -0.05) is 17.7 Å². The molecule has 3 aromatic rings. The molecule has 0 unspecified atom stereocenters. The minimum Gasteiger partial charge on any atom is -0.383 e. The lowest BCUT2D eigenvalue weighted by Gasteiger charge is -2.36. The number of rotatable bonds is 6. The predicted molar refractivity (Wildman–Crippen MR) is 126 cm³/mol. The van der Waals surface area contributed by atoms with Crippen molar-refractivity contribution in [2.24, 2.45) is 14.1 Å². The van der Waals surface area contributed by atoms with Gasteiger partial charge in [0.2, 0.25) is 0 Å². The van der Waals surface area contributed by atoms with E-state index < -0.39 is 0 Å². The van der Waals surface area contributed by atoms with Gasteiger partial charge in [-0.05, 0) is 24.6 Å². The molecule has 1 aromatic carbocycles.